The molecule has 10 aromatic rings. The van der Waals surface area contributed by atoms with E-state index in [0.29, 0.717) is 0 Å². The molecule has 0 N–H and O–H groups in total. The molecule has 0 spiro atoms. The van der Waals surface area contributed by atoms with Crippen LogP contribution in [-0.2, 0) is 0 Å². The molecule has 0 amide bonds. The van der Waals surface area contributed by atoms with Gasteiger partial charge in [0.2, 0.25) is 0 Å². The SMILES string of the molecule is c1ccc(-c2ccc(-c3c(-c4ccc(N(c5ccc(-c6ccccc6)cc5)c5ccc(-c6ccccc6)cc5)cc4)ccc4c3oc3ccccc34)cc2)cc1. The van der Waals surface area contributed by atoms with Gasteiger partial charge in [0, 0.05) is 33.4 Å². The molecule has 0 atom stereocenters. The molecule has 0 aliphatic rings. The Morgan fingerprint density at radius 1 is 0.268 bits per heavy atom. The maximum Gasteiger partial charge on any atom is 0.143 e. The second kappa shape index (κ2) is 14.4. The highest BCUT2D eigenvalue weighted by atomic mass is 16.3. The molecule has 2 heteroatoms. The lowest BCUT2D eigenvalue weighted by atomic mass is 9.91. The Morgan fingerprint density at radius 3 is 1.12 bits per heavy atom. The first-order chi connectivity index (χ1) is 27.8. The third-order valence-corrected chi connectivity index (χ3v) is 10.7. The van der Waals surface area contributed by atoms with Crippen LogP contribution in [0.2, 0.25) is 0 Å². The highest BCUT2D eigenvalue weighted by Gasteiger charge is 2.19. The minimum atomic E-state index is 0.893. The standard InChI is InChI=1S/C54H37NO/c1-4-12-38(13-5-1)41-20-22-45(23-21-41)53-49(36-37-51-50-18-10-11-19-52(50)56-54(51)53)44-28-34-48(35-29-44)55(46-30-24-42(25-31-46)39-14-6-2-7-15-39)47-32-26-43(27-33-47)40-16-8-3-9-17-40/h1-37H. The van der Waals surface area contributed by atoms with Crippen molar-refractivity contribution in [1.29, 1.82) is 0 Å². The van der Waals surface area contributed by atoms with Crippen molar-refractivity contribution < 1.29 is 4.42 Å². The second-order valence-electron chi connectivity index (χ2n) is 14.1. The molecular formula is C54H37NO. The lowest BCUT2D eigenvalue weighted by Gasteiger charge is -2.26. The molecule has 0 aliphatic carbocycles. The molecular weight excluding hydrogens is 679 g/mol. The van der Waals surface area contributed by atoms with Crippen LogP contribution in [-0.4, -0.2) is 0 Å². The fourth-order valence-electron chi connectivity index (χ4n) is 7.88. The first-order valence-corrected chi connectivity index (χ1v) is 19.1. The molecule has 2 nitrogen and oxygen atoms in total. The van der Waals surface area contributed by atoms with E-state index in [1.165, 1.54) is 33.4 Å². The molecule has 264 valence electrons. The van der Waals surface area contributed by atoms with Crippen LogP contribution in [0.3, 0.4) is 0 Å². The number of hydrogen-bond acceptors (Lipinski definition) is 2. The monoisotopic (exact) mass is 715 g/mol. The number of nitrogens with zero attached hydrogens (tertiary/aromatic N) is 1. The Hall–Kier alpha value is -7.42. The van der Waals surface area contributed by atoms with Crippen LogP contribution in [0.5, 0.6) is 0 Å². The zero-order chi connectivity index (χ0) is 37.3. The van der Waals surface area contributed by atoms with Crippen LogP contribution in [0.1, 0.15) is 0 Å². The van der Waals surface area contributed by atoms with Gasteiger partial charge in [-0.15, -0.1) is 0 Å². The predicted octanol–water partition coefficient (Wildman–Crippen LogP) is 15.4. The van der Waals surface area contributed by atoms with Crippen LogP contribution in [0.25, 0.3) is 77.6 Å². The predicted molar refractivity (Wildman–Crippen MR) is 236 cm³/mol. The average Bonchev–Trinajstić information content (AvgIpc) is 3.67. The largest absolute Gasteiger partial charge is 0.455 e. The lowest BCUT2D eigenvalue weighted by molar-refractivity contribution is 0.670. The minimum absolute atomic E-state index is 0.893. The van der Waals surface area contributed by atoms with Crippen molar-refractivity contribution in [2.45, 2.75) is 0 Å². The van der Waals surface area contributed by atoms with E-state index < -0.39 is 0 Å². The van der Waals surface area contributed by atoms with Gasteiger partial charge < -0.3 is 9.32 Å². The Bertz CT molecular complexity index is 2810. The van der Waals surface area contributed by atoms with Gasteiger partial charge in [-0.1, -0.05) is 176 Å². The molecule has 56 heavy (non-hydrogen) atoms. The zero-order valence-electron chi connectivity index (χ0n) is 30.7. The molecule has 0 saturated carbocycles. The first-order valence-electron chi connectivity index (χ1n) is 19.1. The zero-order valence-corrected chi connectivity index (χ0v) is 30.7. The van der Waals surface area contributed by atoms with Gasteiger partial charge in [-0.05, 0) is 98.6 Å². The van der Waals surface area contributed by atoms with Gasteiger partial charge in [0.05, 0.1) is 0 Å². The lowest BCUT2D eigenvalue weighted by Crippen LogP contribution is -2.09. The maximum atomic E-state index is 6.67. The summed E-state index contributed by atoms with van der Waals surface area (Å²) in [6.07, 6.45) is 0. The molecule has 0 saturated heterocycles. The summed E-state index contributed by atoms with van der Waals surface area (Å²) in [6.45, 7) is 0. The summed E-state index contributed by atoms with van der Waals surface area (Å²) in [5.41, 5.74) is 16.7. The van der Waals surface area contributed by atoms with Crippen molar-refractivity contribution in [3.63, 3.8) is 0 Å². The molecule has 9 aromatic carbocycles. The molecule has 0 radical (unpaired) electrons. The average molecular weight is 716 g/mol. The molecule has 0 bridgehead atoms. The molecule has 1 heterocycles. The fourth-order valence-corrected chi connectivity index (χ4v) is 7.88. The van der Waals surface area contributed by atoms with Gasteiger partial charge >= 0.3 is 0 Å². The van der Waals surface area contributed by atoms with Crippen LogP contribution >= 0.6 is 0 Å². The third kappa shape index (κ3) is 6.24. The van der Waals surface area contributed by atoms with E-state index in [1.807, 2.05) is 6.07 Å². The summed E-state index contributed by atoms with van der Waals surface area (Å²) >= 11 is 0. The van der Waals surface area contributed by atoms with Crippen molar-refractivity contribution in [3.05, 3.63) is 224 Å². The number of para-hydroxylation sites is 1. The molecule has 1 aromatic heterocycles. The molecule has 0 unspecified atom stereocenters. The first kappa shape index (κ1) is 33.2. The van der Waals surface area contributed by atoms with Crippen molar-refractivity contribution in [2.24, 2.45) is 0 Å². The summed E-state index contributed by atoms with van der Waals surface area (Å²) in [7, 11) is 0. The Morgan fingerprint density at radius 2 is 0.643 bits per heavy atom. The van der Waals surface area contributed by atoms with Gasteiger partial charge in [0.1, 0.15) is 11.2 Å². The maximum absolute atomic E-state index is 6.67. The van der Waals surface area contributed by atoms with Crippen molar-refractivity contribution in [1.82, 2.24) is 0 Å². The molecule has 0 aliphatic heterocycles. The van der Waals surface area contributed by atoms with E-state index in [1.54, 1.807) is 0 Å². The van der Waals surface area contributed by atoms with Crippen LogP contribution in [0.4, 0.5) is 17.1 Å². The summed E-state index contributed by atoms with van der Waals surface area (Å²) in [5.74, 6) is 0. The topological polar surface area (TPSA) is 16.4 Å². The quantitative estimate of drug-likeness (QED) is 0.156. The normalized spacial score (nSPS) is 11.2. The van der Waals surface area contributed by atoms with Crippen molar-refractivity contribution in [2.75, 3.05) is 4.90 Å². The van der Waals surface area contributed by atoms with Gasteiger partial charge in [0.15, 0.2) is 0 Å². The Kier molecular flexibility index (Phi) is 8.55. The highest BCUT2D eigenvalue weighted by Crippen LogP contribution is 2.44. The molecule has 10 rings (SSSR count). The third-order valence-electron chi connectivity index (χ3n) is 10.7. The van der Waals surface area contributed by atoms with E-state index in [4.69, 9.17) is 4.42 Å². The summed E-state index contributed by atoms with van der Waals surface area (Å²) < 4.78 is 6.67. The summed E-state index contributed by atoms with van der Waals surface area (Å²) in [5, 5.41) is 2.24. The van der Waals surface area contributed by atoms with E-state index in [9.17, 15) is 0 Å². The highest BCUT2D eigenvalue weighted by molar-refractivity contribution is 6.12. The van der Waals surface area contributed by atoms with Crippen LogP contribution in [0.15, 0.2) is 229 Å². The Labute approximate surface area is 327 Å². The number of hydrogen-bond donors (Lipinski definition) is 0. The van der Waals surface area contributed by atoms with Gasteiger partial charge in [-0.3, -0.25) is 0 Å². The summed E-state index contributed by atoms with van der Waals surface area (Å²) in [6, 6.07) is 79.9. The number of benzene rings is 9. The second-order valence-corrected chi connectivity index (χ2v) is 14.1. The van der Waals surface area contributed by atoms with Crippen molar-refractivity contribution >= 4 is 39.0 Å². The van der Waals surface area contributed by atoms with Gasteiger partial charge in [-0.25, -0.2) is 0 Å². The van der Waals surface area contributed by atoms with Crippen LogP contribution in [0, 0.1) is 0 Å². The minimum Gasteiger partial charge on any atom is -0.455 e. The van der Waals surface area contributed by atoms with Crippen LogP contribution < -0.4 is 4.90 Å². The fraction of sp³-hybridized carbons (Fsp3) is 0. The van der Waals surface area contributed by atoms with E-state index in [0.717, 1.165) is 61.3 Å². The van der Waals surface area contributed by atoms with E-state index >= 15 is 0 Å². The van der Waals surface area contributed by atoms with Gasteiger partial charge in [-0.2, -0.15) is 0 Å². The number of fused-ring (bicyclic) bond motifs is 3. The van der Waals surface area contributed by atoms with E-state index in [2.05, 4.69) is 223 Å². The van der Waals surface area contributed by atoms with E-state index in [-0.39, 0.29) is 0 Å². The summed E-state index contributed by atoms with van der Waals surface area (Å²) in [4.78, 5) is 2.33. The number of rotatable bonds is 8. The van der Waals surface area contributed by atoms with Gasteiger partial charge in [0.25, 0.3) is 0 Å². The number of anilines is 3. The number of furan rings is 1. The molecule has 0 fully saturated rings. The smallest absolute Gasteiger partial charge is 0.143 e. The van der Waals surface area contributed by atoms with Crippen molar-refractivity contribution in [3.8, 4) is 55.6 Å². The Balaban J connectivity index is 1.07.